The van der Waals surface area contributed by atoms with Gasteiger partial charge in [-0.3, -0.25) is 4.40 Å². The molecule has 0 aliphatic carbocycles. The van der Waals surface area contributed by atoms with Crippen molar-refractivity contribution in [2.45, 2.75) is 39.7 Å². The topological polar surface area (TPSA) is 102 Å². The number of aryl methyl sites for hydroxylation is 1. The number of anilines is 1. The van der Waals surface area contributed by atoms with Gasteiger partial charge in [0.1, 0.15) is 34.7 Å². The molecule has 0 aliphatic heterocycles. The van der Waals surface area contributed by atoms with Crippen LogP contribution in [0.4, 0.5) is 10.2 Å². The van der Waals surface area contributed by atoms with Gasteiger partial charge in [-0.2, -0.15) is 5.26 Å². The number of hydrogen-bond donors (Lipinski definition) is 1. The van der Waals surface area contributed by atoms with Crippen LogP contribution < -0.4 is 10.5 Å². The van der Waals surface area contributed by atoms with Crippen LogP contribution in [0.15, 0.2) is 36.8 Å². The fourth-order valence-corrected chi connectivity index (χ4v) is 4.10. The molecule has 0 fully saturated rings. The summed E-state index contributed by atoms with van der Waals surface area (Å²) in [5.41, 5.74) is 9.06. The van der Waals surface area contributed by atoms with Crippen LogP contribution in [-0.4, -0.2) is 25.5 Å². The molecule has 7 nitrogen and oxygen atoms in total. The van der Waals surface area contributed by atoms with E-state index in [1.165, 1.54) is 12.3 Å². The highest BCUT2D eigenvalue weighted by molar-refractivity contribution is 6.31. The Morgan fingerprint density at radius 3 is 2.64 bits per heavy atom. The first-order valence-corrected chi connectivity index (χ1v) is 10.7. The summed E-state index contributed by atoms with van der Waals surface area (Å²) < 4.78 is 23.4. The molecule has 168 valence electrons. The average Bonchev–Trinajstić information content (AvgIpc) is 3.13. The summed E-state index contributed by atoms with van der Waals surface area (Å²) in [5.74, 6) is 0.470. The van der Waals surface area contributed by atoms with Crippen molar-refractivity contribution in [2.24, 2.45) is 0 Å². The normalized spacial score (nSPS) is 12.2. The number of hydrogen-bond acceptors (Lipinski definition) is 6. The molecule has 4 rings (SSSR count). The largest absolute Gasteiger partial charge is 0.490 e. The van der Waals surface area contributed by atoms with E-state index in [0.29, 0.717) is 28.5 Å². The van der Waals surface area contributed by atoms with E-state index in [9.17, 15) is 0 Å². The van der Waals surface area contributed by atoms with Gasteiger partial charge in [0.15, 0.2) is 5.82 Å². The van der Waals surface area contributed by atoms with Gasteiger partial charge in [0.2, 0.25) is 0 Å². The van der Waals surface area contributed by atoms with Crippen LogP contribution in [0.3, 0.4) is 0 Å². The molecule has 2 N–H and O–H groups in total. The summed E-state index contributed by atoms with van der Waals surface area (Å²) in [6, 6.07) is 6.69. The highest BCUT2D eigenvalue weighted by atomic mass is 35.5. The molecule has 0 radical (unpaired) electrons. The Kier molecular flexibility index (Phi) is 5.91. The van der Waals surface area contributed by atoms with Gasteiger partial charge in [-0.05, 0) is 39.0 Å². The van der Waals surface area contributed by atoms with Gasteiger partial charge >= 0.3 is 0 Å². The van der Waals surface area contributed by atoms with Gasteiger partial charge in [0.05, 0.1) is 22.4 Å². The molecule has 33 heavy (non-hydrogen) atoms. The molecular formula is C24H22ClFN6O. The number of imidazole rings is 1. The Morgan fingerprint density at radius 2 is 2.00 bits per heavy atom. The van der Waals surface area contributed by atoms with E-state index in [-0.39, 0.29) is 28.3 Å². The number of ether oxygens (including phenoxy) is 1. The molecule has 0 saturated heterocycles. The number of nitriles is 1. The van der Waals surface area contributed by atoms with Crippen molar-refractivity contribution in [3.8, 4) is 22.9 Å². The Morgan fingerprint density at radius 1 is 1.24 bits per heavy atom. The van der Waals surface area contributed by atoms with Crippen molar-refractivity contribution in [1.82, 2.24) is 19.4 Å². The Hall–Kier alpha value is -3.70. The van der Waals surface area contributed by atoms with Crippen molar-refractivity contribution in [3.05, 3.63) is 70.4 Å². The average molecular weight is 465 g/mol. The number of nitrogens with zero attached hydrogens (tertiary/aromatic N) is 5. The van der Waals surface area contributed by atoms with E-state index in [0.717, 1.165) is 11.2 Å². The number of rotatable bonds is 5. The first-order chi connectivity index (χ1) is 15.7. The molecule has 0 unspecified atom stereocenters. The molecule has 0 amide bonds. The highest BCUT2D eigenvalue weighted by Crippen LogP contribution is 2.44. The molecule has 0 bridgehead atoms. The second-order valence-electron chi connectivity index (χ2n) is 7.98. The van der Waals surface area contributed by atoms with Gasteiger partial charge in [0.25, 0.3) is 0 Å². The standard InChI is InChI=1S/C24H22ClFN6O/c1-12(2)33-22-17(13(3)24-31-14(4)21-23(28)29-7-8-32(21)24)9-18(25)20(26)19(22)15-5-6-16(10-27)30-11-15/h5-9,11-13H,1-4H3,(H2,28,29)/t13-/m1/s1. The number of fused-ring (bicyclic) bond motifs is 1. The number of benzene rings is 1. The quantitative estimate of drug-likeness (QED) is 0.430. The maximum absolute atomic E-state index is 15.4. The van der Waals surface area contributed by atoms with Crippen LogP contribution in [0.25, 0.3) is 16.6 Å². The van der Waals surface area contributed by atoms with Crippen LogP contribution in [0, 0.1) is 24.1 Å². The van der Waals surface area contributed by atoms with Crippen molar-refractivity contribution < 1.29 is 9.13 Å². The SMILES string of the molecule is Cc1nc([C@H](C)c2cc(Cl)c(F)c(-c3ccc(C#N)nc3)c2OC(C)C)n2ccnc(N)c12. The van der Waals surface area contributed by atoms with Gasteiger partial charge < -0.3 is 10.5 Å². The van der Waals surface area contributed by atoms with Crippen molar-refractivity contribution in [2.75, 3.05) is 5.73 Å². The molecule has 9 heteroatoms. The lowest BCUT2D eigenvalue weighted by molar-refractivity contribution is 0.239. The van der Waals surface area contributed by atoms with E-state index in [4.69, 9.17) is 32.3 Å². The number of pyridine rings is 1. The first-order valence-electron chi connectivity index (χ1n) is 10.4. The Labute approximate surface area is 195 Å². The lowest BCUT2D eigenvalue weighted by Gasteiger charge is -2.23. The number of halogens is 2. The first kappa shape index (κ1) is 22.5. The summed E-state index contributed by atoms with van der Waals surface area (Å²) in [7, 11) is 0. The lowest BCUT2D eigenvalue weighted by atomic mass is 9.93. The van der Waals surface area contributed by atoms with E-state index < -0.39 is 5.82 Å². The minimum absolute atomic E-state index is 0.0499. The minimum atomic E-state index is -0.618. The monoisotopic (exact) mass is 464 g/mol. The van der Waals surface area contributed by atoms with Crippen LogP contribution in [-0.2, 0) is 0 Å². The third-order valence-corrected chi connectivity index (χ3v) is 5.63. The molecule has 0 aliphatic rings. The fourth-order valence-electron chi connectivity index (χ4n) is 3.89. The maximum Gasteiger partial charge on any atom is 0.153 e. The van der Waals surface area contributed by atoms with E-state index in [1.807, 2.05) is 38.2 Å². The summed E-state index contributed by atoms with van der Waals surface area (Å²) in [6.45, 7) is 7.54. The minimum Gasteiger partial charge on any atom is -0.490 e. The number of nitrogen functional groups attached to an aromatic ring is 1. The van der Waals surface area contributed by atoms with Gasteiger partial charge in [-0.1, -0.05) is 18.5 Å². The fraction of sp³-hybridized carbons (Fsp3) is 0.250. The lowest BCUT2D eigenvalue weighted by Crippen LogP contribution is -2.13. The maximum atomic E-state index is 15.4. The predicted octanol–water partition coefficient (Wildman–Crippen LogP) is 5.29. The van der Waals surface area contributed by atoms with E-state index >= 15 is 4.39 Å². The molecule has 1 atom stereocenters. The number of nitrogens with two attached hydrogens (primary N) is 1. The highest BCUT2D eigenvalue weighted by Gasteiger charge is 2.27. The van der Waals surface area contributed by atoms with Crippen molar-refractivity contribution >= 4 is 22.9 Å². The van der Waals surface area contributed by atoms with E-state index in [1.54, 1.807) is 24.5 Å². The second-order valence-corrected chi connectivity index (χ2v) is 8.39. The molecular weight excluding hydrogens is 443 g/mol. The zero-order chi connectivity index (χ0) is 23.9. The predicted molar refractivity (Wildman–Crippen MR) is 125 cm³/mol. The summed E-state index contributed by atoms with van der Waals surface area (Å²) in [4.78, 5) is 13.0. The summed E-state index contributed by atoms with van der Waals surface area (Å²) in [5, 5.41) is 9.02. The van der Waals surface area contributed by atoms with Gasteiger partial charge in [-0.15, -0.1) is 0 Å². The van der Waals surface area contributed by atoms with Gasteiger partial charge in [-0.25, -0.2) is 19.3 Å². The third-order valence-electron chi connectivity index (χ3n) is 5.36. The van der Waals surface area contributed by atoms with Crippen LogP contribution >= 0.6 is 11.6 Å². The molecule has 0 saturated carbocycles. The Bertz CT molecular complexity index is 1390. The zero-order valence-electron chi connectivity index (χ0n) is 18.6. The van der Waals surface area contributed by atoms with Crippen LogP contribution in [0.2, 0.25) is 5.02 Å². The zero-order valence-corrected chi connectivity index (χ0v) is 19.4. The van der Waals surface area contributed by atoms with Crippen LogP contribution in [0.5, 0.6) is 5.75 Å². The molecule has 3 aromatic heterocycles. The summed E-state index contributed by atoms with van der Waals surface area (Å²) >= 11 is 6.36. The molecule has 4 aromatic rings. The third kappa shape index (κ3) is 3.96. The molecule has 3 heterocycles. The van der Waals surface area contributed by atoms with Crippen molar-refractivity contribution in [1.29, 1.82) is 5.26 Å². The van der Waals surface area contributed by atoms with Crippen molar-refractivity contribution in [3.63, 3.8) is 0 Å². The van der Waals surface area contributed by atoms with Crippen LogP contribution in [0.1, 0.15) is 49.5 Å². The summed E-state index contributed by atoms with van der Waals surface area (Å²) in [6.07, 6.45) is 4.60. The smallest absolute Gasteiger partial charge is 0.153 e. The second kappa shape index (κ2) is 8.68. The van der Waals surface area contributed by atoms with E-state index in [2.05, 4.69) is 9.97 Å². The molecule has 1 aromatic carbocycles. The number of aromatic nitrogens is 4. The Balaban J connectivity index is 1.98. The van der Waals surface area contributed by atoms with Gasteiger partial charge in [0, 0.05) is 35.6 Å². The molecule has 0 spiro atoms.